The molecule has 2 atom stereocenters. The van der Waals surface area contributed by atoms with Gasteiger partial charge in [0.25, 0.3) is 11.6 Å². The van der Waals surface area contributed by atoms with E-state index in [0.717, 1.165) is 0 Å². The van der Waals surface area contributed by atoms with Gasteiger partial charge in [0.1, 0.15) is 0 Å². The lowest BCUT2D eigenvalue weighted by Gasteiger charge is -2.36. The van der Waals surface area contributed by atoms with Crippen LogP contribution in [-0.4, -0.2) is 32.1 Å². The third-order valence-corrected chi connectivity index (χ3v) is 4.70. The highest BCUT2D eigenvalue weighted by Gasteiger charge is 2.36. The largest absolute Gasteiger partial charge is 0.478 e. The Kier molecular flexibility index (Phi) is 5.29. The van der Waals surface area contributed by atoms with Crippen molar-refractivity contribution in [2.24, 2.45) is 5.41 Å². The maximum absolute atomic E-state index is 12.3. The van der Waals surface area contributed by atoms with Gasteiger partial charge in [-0.05, 0) is 24.6 Å². The number of nitro benzene ring substituents is 1. The van der Waals surface area contributed by atoms with Crippen LogP contribution in [0.3, 0.4) is 0 Å². The van der Waals surface area contributed by atoms with E-state index in [4.69, 9.17) is 9.16 Å². The number of carbonyl (C=O) groups excluding carboxylic acids is 1. The Morgan fingerprint density at radius 3 is 2.62 bits per heavy atom. The number of benzene rings is 1. The summed E-state index contributed by atoms with van der Waals surface area (Å²) in [6.45, 7) is 10.4. The Hall–Kier alpha value is -1.93. The molecule has 1 N–H and O–H groups in total. The van der Waals surface area contributed by atoms with E-state index in [0.29, 0.717) is 17.9 Å². The Morgan fingerprint density at radius 2 is 2.08 bits per heavy atom. The highest BCUT2D eigenvalue weighted by molar-refractivity contribution is 6.48. The number of nitro groups is 1. The molecule has 1 amide bonds. The molecule has 0 saturated carbocycles. The Balaban J connectivity index is 2.21. The summed E-state index contributed by atoms with van der Waals surface area (Å²) in [6.07, 6.45) is -0.445. The van der Waals surface area contributed by atoms with Crippen molar-refractivity contribution in [3.63, 3.8) is 0 Å². The number of carbonyl (C=O) groups is 1. The lowest BCUT2D eigenvalue weighted by Crippen LogP contribution is -2.44. The molecule has 0 spiro atoms. The van der Waals surface area contributed by atoms with Crippen LogP contribution in [0.5, 0.6) is 5.75 Å². The molecule has 8 heteroatoms. The smallest absolute Gasteiger partial charge is 0.273 e. The number of hydrogen-bond acceptors (Lipinski definition) is 5. The van der Waals surface area contributed by atoms with Gasteiger partial charge < -0.3 is 14.5 Å². The quantitative estimate of drug-likeness (QED) is 0.499. The Morgan fingerprint density at radius 1 is 1.42 bits per heavy atom. The number of anilines is 1. The van der Waals surface area contributed by atoms with Crippen LogP contribution < -0.4 is 10.1 Å². The van der Waals surface area contributed by atoms with Gasteiger partial charge in [-0.15, -0.1) is 0 Å². The fraction of sp³-hybridized carbons (Fsp3) is 0.562. The molecule has 132 valence electrons. The summed E-state index contributed by atoms with van der Waals surface area (Å²) in [6, 6.07) is 4.17. The lowest BCUT2D eigenvalue weighted by molar-refractivity contribution is -0.384. The zero-order chi connectivity index (χ0) is 18.1. The standard InChI is InChI=1S/C16H24N2O5Si/c1-16(2,3)14(23-24(4)5)9-13-15(19)17-11-7-6-10(18(20)21)8-12(11)22-13/h6-8,13-14,24H,9H2,1-5H3,(H,17,19). The first-order chi connectivity index (χ1) is 11.1. The van der Waals surface area contributed by atoms with Gasteiger partial charge in [0.15, 0.2) is 20.9 Å². The molecule has 1 aromatic carbocycles. The maximum atomic E-state index is 12.3. The van der Waals surface area contributed by atoms with Gasteiger partial charge in [0, 0.05) is 12.5 Å². The molecule has 1 aromatic rings. The van der Waals surface area contributed by atoms with E-state index >= 15 is 0 Å². The number of ether oxygens (including phenoxy) is 1. The van der Waals surface area contributed by atoms with Crippen LogP contribution in [0, 0.1) is 15.5 Å². The Bertz CT molecular complexity index is 642. The molecule has 0 saturated heterocycles. The SMILES string of the molecule is C[SiH](C)OC(CC1Oc2cc([N+](=O)[O-])ccc2NC1=O)C(C)(C)C. The minimum absolute atomic E-state index is 0.0677. The number of non-ortho nitro benzene ring substituents is 1. The molecule has 0 fully saturated rings. The van der Waals surface area contributed by atoms with Crippen molar-refractivity contribution in [3.05, 3.63) is 28.3 Å². The number of amides is 1. The van der Waals surface area contributed by atoms with E-state index in [2.05, 4.69) is 39.2 Å². The van der Waals surface area contributed by atoms with Gasteiger partial charge in [0.2, 0.25) is 0 Å². The lowest BCUT2D eigenvalue weighted by atomic mass is 9.85. The van der Waals surface area contributed by atoms with Crippen LogP contribution in [-0.2, 0) is 9.22 Å². The van der Waals surface area contributed by atoms with Crippen molar-refractivity contribution < 1.29 is 18.9 Å². The van der Waals surface area contributed by atoms with Crippen molar-refractivity contribution in [3.8, 4) is 5.75 Å². The van der Waals surface area contributed by atoms with Crippen LogP contribution in [0.1, 0.15) is 27.2 Å². The average molecular weight is 352 g/mol. The summed E-state index contributed by atoms with van der Waals surface area (Å²) in [5.41, 5.74) is 0.249. The van der Waals surface area contributed by atoms with E-state index in [1.807, 2.05) is 0 Å². The van der Waals surface area contributed by atoms with E-state index in [9.17, 15) is 14.9 Å². The molecule has 1 heterocycles. The van der Waals surface area contributed by atoms with E-state index in [1.165, 1.54) is 18.2 Å². The predicted octanol–water partition coefficient (Wildman–Crippen LogP) is 3.10. The summed E-state index contributed by atoms with van der Waals surface area (Å²) < 4.78 is 11.8. The highest BCUT2D eigenvalue weighted by Crippen LogP contribution is 2.35. The van der Waals surface area contributed by atoms with Crippen LogP contribution in [0.4, 0.5) is 11.4 Å². The molecular weight excluding hydrogens is 328 g/mol. The second-order valence-corrected chi connectivity index (χ2v) is 9.68. The van der Waals surface area contributed by atoms with Crippen molar-refractivity contribution >= 4 is 26.3 Å². The molecule has 0 aromatic heterocycles. The van der Waals surface area contributed by atoms with Crippen LogP contribution >= 0.6 is 0 Å². The first-order valence-corrected chi connectivity index (χ1v) is 10.8. The zero-order valence-corrected chi connectivity index (χ0v) is 15.8. The predicted molar refractivity (Wildman–Crippen MR) is 94.0 cm³/mol. The van der Waals surface area contributed by atoms with Crippen LogP contribution in [0.2, 0.25) is 13.1 Å². The summed E-state index contributed by atoms with van der Waals surface area (Å²) in [5, 5.41) is 13.7. The molecule has 0 radical (unpaired) electrons. The normalized spacial score (nSPS) is 18.6. The Labute approximate surface area is 143 Å². The second-order valence-electron chi connectivity index (χ2n) is 7.31. The minimum atomic E-state index is -1.29. The molecule has 1 aliphatic heterocycles. The van der Waals surface area contributed by atoms with Crippen LogP contribution in [0.15, 0.2) is 18.2 Å². The fourth-order valence-corrected chi connectivity index (χ4v) is 3.71. The number of nitrogens with one attached hydrogen (secondary N) is 1. The molecule has 0 aliphatic carbocycles. The van der Waals surface area contributed by atoms with Crippen molar-refractivity contribution in [2.45, 2.75) is 52.5 Å². The van der Waals surface area contributed by atoms with Crippen molar-refractivity contribution in [2.75, 3.05) is 5.32 Å². The van der Waals surface area contributed by atoms with Crippen molar-refractivity contribution in [1.82, 2.24) is 0 Å². The van der Waals surface area contributed by atoms with Gasteiger partial charge in [0.05, 0.1) is 22.8 Å². The topological polar surface area (TPSA) is 90.7 Å². The molecule has 0 bridgehead atoms. The van der Waals surface area contributed by atoms with E-state index < -0.39 is 20.1 Å². The minimum Gasteiger partial charge on any atom is -0.478 e. The monoisotopic (exact) mass is 352 g/mol. The van der Waals surface area contributed by atoms with Gasteiger partial charge in [-0.3, -0.25) is 14.9 Å². The average Bonchev–Trinajstić information content (AvgIpc) is 2.45. The van der Waals surface area contributed by atoms with E-state index in [-0.39, 0.29) is 23.1 Å². The second kappa shape index (κ2) is 6.90. The van der Waals surface area contributed by atoms with Gasteiger partial charge in [-0.1, -0.05) is 20.8 Å². The number of hydrogen-bond donors (Lipinski definition) is 1. The number of rotatable bonds is 5. The van der Waals surface area contributed by atoms with Gasteiger partial charge in [-0.2, -0.15) is 0 Å². The van der Waals surface area contributed by atoms with E-state index in [1.54, 1.807) is 0 Å². The summed E-state index contributed by atoms with van der Waals surface area (Å²) in [4.78, 5) is 22.7. The summed E-state index contributed by atoms with van der Waals surface area (Å²) in [7, 11) is -1.29. The fourth-order valence-electron chi connectivity index (χ4n) is 2.54. The van der Waals surface area contributed by atoms with Gasteiger partial charge in [-0.25, -0.2) is 0 Å². The third-order valence-electron chi connectivity index (χ3n) is 3.83. The molecular formula is C16H24N2O5Si. The third kappa shape index (κ3) is 4.33. The first kappa shape index (κ1) is 18.4. The number of nitrogens with zero attached hydrogens (tertiary/aromatic N) is 1. The molecule has 1 aliphatic rings. The van der Waals surface area contributed by atoms with Crippen LogP contribution in [0.25, 0.3) is 0 Å². The highest BCUT2D eigenvalue weighted by atomic mass is 28.3. The zero-order valence-electron chi connectivity index (χ0n) is 14.7. The summed E-state index contributed by atoms with van der Waals surface area (Å²) >= 11 is 0. The maximum Gasteiger partial charge on any atom is 0.273 e. The first-order valence-electron chi connectivity index (χ1n) is 7.99. The molecule has 7 nitrogen and oxygen atoms in total. The van der Waals surface area contributed by atoms with Gasteiger partial charge >= 0.3 is 0 Å². The molecule has 24 heavy (non-hydrogen) atoms. The van der Waals surface area contributed by atoms with Crippen molar-refractivity contribution in [1.29, 1.82) is 0 Å². The molecule has 2 unspecified atom stereocenters. The molecule has 2 rings (SSSR count). The summed E-state index contributed by atoms with van der Waals surface area (Å²) in [5.74, 6) is 0.0721. The number of fused-ring (bicyclic) bond motifs is 1.